The zero-order valence-electron chi connectivity index (χ0n) is 21.0. The van der Waals surface area contributed by atoms with Gasteiger partial charge in [-0.3, -0.25) is 13.9 Å². The van der Waals surface area contributed by atoms with Gasteiger partial charge in [0.1, 0.15) is 11.9 Å². The minimum absolute atomic E-state index is 0.0385. The van der Waals surface area contributed by atoms with Crippen LogP contribution in [-0.2, 0) is 26.2 Å². The fourth-order valence-electron chi connectivity index (χ4n) is 3.49. The Morgan fingerprint density at radius 3 is 2.14 bits per heavy atom. The van der Waals surface area contributed by atoms with Crippen molar-refractivity contribution in [3.63, 3.8) is 0 Å². The molecule has 2 aromatic carbocycles. The second-order valence-corrected chi connectivity index (χ2v) is 11.5. The highest BCUT2D eigenvalue weighted by Crippen LogP contribution is 2.22. The Hall–Kier alpha value is -3.08. The molecule has 2 amide bonds. The predicted octanol–water partition coefficient (Wildman–Crippen LogP) is 3.98. The number of hydrogen-bond donors (Lipinski definition) is 1. The summed E-state index contributed by atoms with van der Waals surface area (Å²) in [5, 5.41) is 2.83. The summed E-state index contributed by atoms with van der Waals surface area (Å²) in [5.74, 6) is -3.54. The van der Waals surface area contributed by atoms with Crippen molar-refractivity contribution < 1.29 is 31.2 Å². The molecule has 0 aliphatic rings. The Labute approximate surface area is 210 Å². The molecule has 0 saturated carbocycles. The van der Waals surface area contributed by atoms with E-state index in [2.05, 4.69) is 5.32 Å². The lowest BCUT2D eigenvalue weighted by molar-refractivity contribution is -0.141. The van der Waals surface area contributed by atoms with Crippen molar-refractivity contribution in [1.29, 1.82) is 0 Å². The lowest BCUT2D eigenvalue weighted by Gasteiger charge is -2.32. The molecule has 1 N–H and O–H groups in total. The molecule has 0 fully saturated rings. The van der Waals surface area contributed by atoms with E-state index in [0.29, 0.717) is 5.56 Å². The van der Waals surface area contributed by atoms with E-state index in [0.717, 1.165) is 28.8 Å². The van der Waals surface area contributed by atoms with Crippen LogP contribution in [0.1, 0.15) is 46.1 Å². The number of nitrogens with zero attached hydrogens (tertiary/aromatic N) is 2. The molecule has 0 aliphatic heterocycles. The Bertz CT molecular complexity index is 1180. The van der Waals surface area contributed by atoms with Crippen molar-refractivity contribution in [2.45, 2.75) is 58.7 Å². The van der Waals surface area contributed by atoms with Crippen LogP contribution in [0.25, 0.3) is 0 Å². The summed E-state index contributed by atoms with van der Waals surface area (Å²) < 4.78 is 65.7. The molecule has 198 valence electrons. The largest absolute Gasteiger partial charge is 0.350 e. The second kappa shape index (κ2) is 11.8. The Morgan fingerprint density at radius 2 is 1.61 bits per heavy atom. The quantitative estimate of drug-likeness (QED) is 0.507. The van der Waals surface area contributed by atoms with Gasteiger partial charge in [0.05, 0.1) is 11.9 Å². The molecule has 11 heteroatoms. The summed E-state index contributed by atoms with van der Waals surface area (Å²) in [5.41, 5.74) is 0.0146. The van der Waals surface area contributed by atoms with Gasteiger partial charge in [0.25, 0.3) is 0 Å². The van der Waals surface area contributed by atoms with Crippen molar-refractivity contribution in [3.8, 4) is 0 Å². The lowest BCUT2D eigenvalue weighted by atomic mass is 10.1. The molecule has 2 rings (SSSR count). The Morgan fingerprint density at radius 1 is 1.00 bits per heavy atom. The third kappa shape index (κ3) is 8.54. The van der Waals surface area contributed by atoms with E-state index in [1.54, 1.807) is 6.92 Å². The number of carbonyl (C=O) groups is 2. The van der Waals surface area contributed by atoms with E-state index in [1.165, 1.54) is 29.2 Å². The van der Waals surface area contributed by atoms with Crippen LogP contribution < -0.4 is 9.62 Å². The van der Waals surface area contributed by atoms with Crippen LogP contribution in [0.4, 0.5) is 18.9 Å². The molecule has 0 aliphatic carbocycles. The number of sulfonamides is 1. The van der Waals surface area contributed by atoms with E-state index in [4.69, 9.17) is 0 Å². The average molecular weight is 528 g/mol. The summed E-state index contributed by atoms with van der Waals surface area (Å²) in [6, 6.07) is 7.41. The number of rotatable bonds is 10. The SMILES string of the molecule is C[C@H](C(=O)NC(C)(C)C)N(Cc1ccc(F)cc1)C(=O)CCCN(c1ccc(F)c(F)c1)S(C)(=O)=O. The zero-order chi connectivity index (χ0) is 27.3. The van der Waals surface area contributed by atoms with Crippen molar-refractivity contribution in [3.05, 3.63) is 65.5 Å². The maximum Gasteiger partial charge on any atom is 0.242 e. The highest BCUT2D eigenvalue weighted by atomic mass is 32.2. The zero-order valence-corrected chi connectivity index (χ0v) is 21.8. The van der Waals surface area contributed by atoms with Crippen molar-refractivity contribution in [2.24, 2.45) is 0 Å². The summed E-state index contributed by atoms with van der Waals surface area (Å²) in [6.45, 7) is 6.87. The molecular formula is C25H32F3N3O4S. The standard InChI is InChI=1S/C25H32F3N3O4S/c1-17(24(33)29-25(2,3)4)30(16-18-8-10-19(26)11-9-18)23(32)7-6-14-31(36(5,34)35)20-12-13-21(27)22(28)15-20/h8-13,15,17H,6-7,14,16H2,1-5H3,(H,29,33)/t17-/m1/s1. The van der Waals surface area contributed by atoms with Gasteiger partial charge in [-0.25, -0.2) is 21.6 Å². The fourth-order valence-corrected chi connectivity index (χ4v) is 4.44. The van der Waals surface area contributed by atoms with Crippen LogP contribution in [0.3, 0.4) is 0 Å². The average Bonchev–Trinajstić information content (AvgIpc) is 2.75. The molecule has 0 unspecified atom stereocenters. The lowest BCUT2D eigenvalue weighted by Crippen LogP contribution is -2.52. The first-order valence-corrected chi connectivity index (χ1v) is 13.2. The molecule has 36 heavy (non-hydrogen) atoms. The maximum absolute atomic E-state index is 13.7. The van der Waals surface area contributed by atoms with Crippen LogP contribution >= 0.6 is 0 Å². The third-order valence-electron chi connectivity index (χ3n) is 5.28. The van der Waals surface area contributed by atoms with Crippen LogP contribution in [0.5, 0.6) is 0 Å². The first kappa shape index (κ1) is 29.2. The van der Waals surface area contributed by atoms with Crippen LogP contribution in [0.2, 0.25) is 0 Å². The van der Waals surface area contributed by atoms with Gasteiger partial charge in [0, 0.05) is 31.1 Å². The smallest absolute Gasteiger partial charge is 0.242 e. The normalized spacial score (nSPS) is 12.7. The van der Waals surface area contributed by atoms with E-state index >= 15 is 0 Å². The minimum Gasteiger partial charge on any atom is -0.350 e. The topological polar surface area (TPSA) is 86.8 Å². The van der Waals surface area contributed by atoms with E-state index in [-0.39, 0.29) is 37.5 Å². The summed E-state index contributed by atoms with van der Waals surface area (Å²) >= 11 is 0. The van der Waals surface area contributed by atoms with Crippen LogP contribution in [0.15, 0.2) is 42.5 Å². The molecule has 0 aromatic heterocycles. The molecule has 0 saturated heterocycles. The molecular weight excluding hydrogens is 495 g/mol. The van der Waals surface area contributed by atoms with Gasteiger partial charge in [-0.2, -0.15) is 0 Å². The highest BCUT2D eigenvalue weighted by Gasteiger charge is 2.28. The molecule has 1 atom stereocenters. The number of anilines is 1. The van der Waals surface area contributed by atoms with Gasteiger partial charge in [0.15, 0.2) is 11.6 Å². The van der Waals surface area contributed by atoms with Crippen molar-refractivity contribution in [2.75, 3.05) is 17.1 Å². The second-order valence-electron chi connectivity index (χ2n) is 9.60. The maximum atomic E-state index is 13.7. The monoisotopic (exact) mass is 527 g/mol. The number of halogens is 3. The summed E-state index contributed by atoms with van der Waals surface area (Å²) in [4.78, 5) is 27.3. The fraction of sp³-hybridized carbons (Fsp3) is 0.440. The van der Waals surface area contributed by atoms with Crippen LogP contribution in [-0.4, -0.2) is 49.5 Å². The van der Waals surface area contributed by atoms with Gasteiger partial charge < -0.3 is 10.2 Å². The summed E-state index contributed by atoms with van der Waals surface area (Å²) in [6.07, 6.45) is 0.859. The Balaban J connectivity index is 2.20. The Kier molecular flexibility index (Phi) is 9.53. The third-order valence-corrected chi connectivity index (χ3v) is 6.47. The number of amides is 2. The van der Waals surface area contributed by atoms with Gasteiger partial charge in [-0.15, -0.1) is 0 Å². The van der Waals surface area contributed by atoms with Gasteiger partial charge in [-0.05, 0) is 63.9 Å². The highest BCUT2D eigenvalue weighted by molar-refractivity contribution is 7.92. The van der Waals surface area contributed by atoms with Crippen molar-refractivity contribution in [1.82, 2.24) is 10.2 Å². The first-order valence-electron chi connectivity index (χ1n) is 11.4. The molecule has 0 bridgehead atoms. The molecule has 0 radical (unpaired) electrons. The molecule has 7 nitrogen and oxygen atoms in total. The molecule has 2 aromatic rings. The van der Waals surface area contributed by atoms with E-state index < -0.39 is 45.0 Å². The number of hydrogen-bond acceptors (Lipinski definition) is 4. The number of nitrogens with one attached hydrogen (secondary N) is 1. The van der Waals surface area contributed by atoms with Crippen LogP contribution in [0, 0.1) is 17.5 Å². The molecule has 0 heterocycles. The van der Waals surface area contributed by atoms with Crippen molar-refractivity contribution >= 4 is 27.5 Å². The number of benzene rings is 2. The van der Waals surface area contributed by atoms with Gasteiger partial charge >= 0.3 is 0 Å². The minimum atomic E-state index is -3.85. The predicted molar refractivity (Wildman–Crippen MR) is 132 cm³/mol. The van der Waals surface area contributed by atoms with Gasteiger partial charge in [0.2, 0.25) is 21.8 Å². The van der Waals surface area contributed by atoms with Gasteiger partial charge in [-0.1, -0.05) is 12.1 Å². The first-order chi connectivity index (χ1) is 16.6. The summed E-state index contributed by atoms with van der Waals surface area (Å²) in [7, 11) is -3.85. The molecule has 0 spiro atoms. The number of carbonyl (C=O) groups excluding carboxylic acids is 2. The van der Waals surface area contributed by atoms with E-state index in [1.807, 2.05) is 20.8 Å². The van der Waals surface area contributed by atoms with E-state index in [9.17, 15) is 31.2 Å².